The molecule has 98 valence electrons. The standard InChI is InChI=1S/C16H14N4/c17-9-10-5-6-13-11(7-10)8-15(18-13)16-12-3-1-2-4-14(12)19-20-16/h1-8,18H,9,17H2,(H,19,20). The first-order chi connectivity index (χ1) is 9.85. The minimum Gasteiger partial charge on any atom is -0.353 e. The summed E-state index contributed by atoms with van der Waals surface area (Å²) in [5.74, 6) is 0. The van der Waals surface area contributed by atoms with Crippen molar-refractivity contribution in [2.75, 3.05) is 0 Å². The molecule has 0 saturated carbocycles. The van der Waals surface area contributed by atoms with E-state index < -0.39 is 0 Å². The zero-order valence-electron chi connectivity index (χ0n) is 10.9. The third-order valence-electron chi connectivity index (χ3n) is 3.65. The Morgan fingerprint density at radius 3 is 2.80 bits per heavy atom. The van der Waals surface area contributed by atoms with Crippen molar-refractivity contribution in [2.45, 2.75) is 6.54 Å². The van der Waals surface area contributed by atoms with Crippen LogP contribution in [-0.2, 0) is 6.54 Å². The Morgan fingerprint density at radius 2 is 1.90 bits per heavy atom. The predicted molar refractivity (Wildman–Crippen MR) is 81.3 cm³/mol. The van der Waals surface area contributed by atoms with Gasteiger partial charge in [0.2, 0.25) is 0 Å². The van der Waals surface area contributed by atoms with Gasteiger partial charge in [-0.2, -0.15) is 5.10 Å². The maximum atomic E-state index is 5.69. The Balaban J connectivity index is 1.93. The number of aromatic nitrogens is 3. The number of nitrogens with one attached hydrogen (secondary N) is 2. The van der Waals surface area contributed by atoms with Gasteiger partial charge in [0.25, 0.3) is 0 Å². The van der Waals surface area contributed by atoms with Crippen molar-refractivity contribution in [3.8, 4) is 11.4 Å². The third-order valence-corrected chi connectivity index (χ3v) is 3.65. The fourth-order valence-electron chi connectivity index (χ4n) is 2.61. The zero-order valence-corrected chi connectivity index (χ0v) is 10.9. The first-order valence-electron chi connectivity index (χ1n) is 6.60. The van der Waals surface area contributed by atoms with Gasteiger partial charge < -0.3 is 10.7 Å². The number of rotatable bonds is 2. The minimum absolute atomic E-state index is 0.557. The summed E-state index contributed by atoms with van der Waals surface area (Å²) in [5.41, 5.74) is 10.9. The van der Waals surface area contributed by atoms with Gasteiger partial charge in [-0.15, -0.1) is 0 Å². The summed E-state index contributed by atoms with van der Waals surface area (Å²) in [7, 11) is 0. The van der Waals surface area contributed by atoms with Crippen molar-refractivity contribution in [1.82, 2.24) is 15.2 Å². The average molecular weight is 262 g/mol. The summed E-state index contributed by atoms with van der Waals surface area (Å²) in [6, 6.07) is 16.5. The molecule has 4 heteroatoms. The van der Waals surface area contributed by atoms with E-state index in [1.54, 1.807) is 0 Å². The van der Waals surface area contributed by atoms with Gasteiger partial charge in [-0.1, -0.05) is 24.3 Å². The van der Waals surface area contributed by atoms with Crippen molar-refractivity contribution in [2.24, 2.45) is 5.73 Å². The number of hydrogen-bond acceptors (Lipinski definition) is 2. The van der Waals surface area contributed by atoms with Gasteiger partial charge in [0.15, 0.2) is 0 Å². The maximum Gasteiger partial charge on any atom is 0.116 e. The Kier molecular flexibility index (Phi) is 2.37. The molecule has 2 aromatic carbocycles. The normalized spacial score (nSPS) is 11.4. The van der Waals surface area contributed by atoms with Crippen LogP contribution in [0.5, 0.6) is 0 Å². The lowest BCUT2D eigenvalue weighted by Crippen LogP contribution is -1.94. The van der Waals surface area contributed by atoms with Crippen LogP contribution in [0, 0.1) is 0 Å². The molecular weight excluding hydrogens is 248 g/mol. The second kappa shape index (κ2) is 4.21. The van der Waals surface area contributed by atoms with Crippen LogP contribution in [0.3, 0.4) is 0 Å². The van der Waals surface area contributed by atoms with Gasteiger partial charge in [-0.25, -0.2) is 0 Å². The molecule has 0 unspecified atom stereocenters. The highest BCUT2D eigenvalue weighted by atomic mass is 15.1. The van der Waals surface area contributed by atoms with E-state index >= 15 is 0 Å². The van der Waals surface area contributed by atoms with Crippen LogP contribution in [0.1, 0.15) is 5.56 Å². The second-order valence-electron chi connectivity index (χ2n) is 4.93. The first-order valence-corrected chi connectivity index (χ1v) is 6.60. The van der Waals surface area contributed by atoms with Gasteiger partial charge in [-0.3, -0.25) is 5.10 Å². The molecule has 4 nitrogen and oxygen atoms in total. The molecule has 0 aliphatic carbocycles. The molecule has 0 aliphatic rings. The number of hydrogen-bond donors (Lipinski definition) is 3. The predicted octanol–water partition coefficient (Wildman–Crippen LogP) is 3.17. The highest BCUT2D eigenvalue weighted by Gasteiger charge is 2.10. The van der Waals surface area contributed by atoms with Crippen molar-refractivity contribution >= 4 is 21.8 Å². The number of para-hydroxylation sites is 1. The Hall–Kier alpha value is -2.59. The molecule has 0 spiro atoms. The monoisotopic (exact) mass is 262 g/mol. The molecule has 2 aromatic heterocycles. The van der Waals surface area contributed by atoms with E-state index in [1.165, 1.54) is 0 Å². The number of benzene rings is 2. The number of H-pyrrole nitrogens is 2. The van der Waals surface area contributed by atoms with Crippen molar-refractivity contribution in [3.05, 3.63) is 54.1 Å². The van der Waals surface area contributed by atoms with E-state index in [4.69, 9.17) is 5.73 Å². The van der Waals surface area contributed by atoms with Gasteiger partial charge in [0.1, 0.15) is 5.69 Å². The molecule has 0 aliphatic heterocycles. The molecular formula is C16H14N4. The van der Waals surface area contributed by atoms with Crippen LogP contribution < -0.4 is 5.73 Å². The molecule has 0 radical (unpaired) electrons. The summed E-state index contributed by atoms with van der Waals surface area (Å²) < 4.78 is 0. The lowest BCUT2D eigenvalue weighted by atomic mass is 10.1. The largest absolute Gasteiger partial charge is 0.353 e. The lowest BCUT2D eigenvalue weighted by Gasteiger charge is -1.95. The SMILES string of the molecule is NCc1ccc2[nH]c(-c3n[nH]c4ccccc34)cc2c1. The van der Waals surface area contributed by atoms with E-state index in [0.29, 0.717) is 6.54 Å². The van der Waals surface area contributed by atoms with Crippen LogP contribution in [0.25, 0.3) is 33.2 Å². The van der Waals surface area contributed by atoms with E-state index in [9.17, 15) is 0 Å². The van der Waals surface area contributed by atoms with Gasteiger partial charge in [0.05, 0.1) is 11.2 Å². The number of nitrogens with two attached hydrogens (primary N) is 1. The summed E-state index contributed by atoms with van der Waals surface area (Å²) in [6.07, 6.45) is 0. The molecule has 2 heterocycles. The second-order valence-corrected chi connectivity index (χ2v) is 4.93. The summed E-state index contributed by atoms with van der Waals surface area (Å²) >= 11 is 0. The number of aromatic amines is 2. The van der Waals surface area contributed by atoms with Crippen molar-refractivity contribution < 1.29 is 0 Å². The minimum atomic E-state index is 0.557. The summed E-state index contributed by atoms with van der Waals surface area (Å²) in [6.45, 7) is 0.557. The number of fused-ring (bicyclic) bond motifs is 2. The van der Waals surface area contributed by atoms with Crippen LogP contribution in [-0.4, -0.2) is 15.2 Å². The molecule has 0 saturated heterocycles. The summed E-state index contributed by atoms with van der Waals surface area (Å²) in [5, 5.41) is 9.77. The van der Waals surface area contributed by atoms with E-state index in [0.717, 1.165) is 38.8 Å². The fraction of sp³-hybridized carbons (Fsp3) is 0.0625. The van der Waals surface area contributed by atoms with Crippen LogP contribution in [0.4, 0.5) is 0 Å². The maximum absolute atomic E-state index is 5.69. The van der Waals surface area contributed by atoms with Crippen molar-refractivity contribution in [3.63, 3.8) is 0 Å². The Bertz CT molecular complexity index is 901. The Morgan fingerprint density at radius 1 is 1.00 bits per heavy atom. The highest BCUT2D eigenvalue weighted by Crippen LogP contribution is 2.28. The molecule has 0 bridgehead atoms. The third kappa shape index (κ3) is 1.62. The van der Waals surface area contributed by atoms with Gasteiger partial charge >= 0.3 is 0 Å². The quantitative estimate of drug-likeness (QED) is 0.519. The number of nitrogens with zero attached hydrogens (tertiary/aromatic N) is 1. The summed E-state index contributed by atoms with van der Waals surface area (Å²) in [4.78, 5) is 3.42. The Labute approximate surface area is 115 Å². The molecule has 4 rings (SSSR count). The van der Waals surface area contributed by atoms with Crippen LogP contribution in [0.2, 0.25) is 0 Å². The van der Waals surface area contributed by atoms with Crippen LogP contribution >= 0.6 is 0 Å². The van der Waals surface area contributed by atoms with Gasteiger partial charge in [0, 0.05) is 22.8 Å². The van der Waals surface area contributed by atoms with E-state index in [-0.39, 0.29) is 0 Å². The molecule has 4 N–H and O–H groups in total. The zero-order chi connectivity index (χ0) is 13.5. The molecule has 4 aromatic rings. The molecule has 0 amide bonds. The lowest BCUT2D eigenvalue weighted by molar-refractivity contribution is 1.08. The molecule has 20 heavy (non-hydrogen) atoms. The van der Waals surface area contributed by atoms with Crippen LogP contribution in [0.15, 0.2) is 48.5 Å². The smallest absolute Gasteiger partial charge is 0.116 e. The molecule has 0 atom stereocenters. The highest BCUT2D eigenvalue weighted by molar-refractivity contribution is 5.95. The average Bonchev–Trinajstić information content (AvgIpc) is 3.09. The fourth-order valence-corrected chi connectivity index (χ4v) is 2.61. The van der Waals surface area contributed by atoms with E-state index in [1.807, 2.05) is 24.3 Å². The van der Waals surface area contributed by atoms with Gasteiger partial charge in [-0.05, 0) is 29.8 Å². The van der Waals surface area contributed by atoms with Crippen molar-refractivity contribution in [1.29, 1.82) is 0 Å². The van der Waals surface area contributed by atoms with E-state index in [2.05, 4.69) is 39.4 Å². The molecule has 0 fully saturated rings. The first kappa shape index (κ1) is 11.3. The topological polar surface area (TPSA) is 70.5 Å².